The van der Waals surface area contributed by atoms with E-state index in [-0.39, 0.29) is 25.1 Å². The SMILES string of the molecule is O=C1CC(CS(=O)(=O)F)CN1Cc1c(F)cccc1F. The van der Waals surface area contributed by atoms with Gasteiger partial charge in [0.1, 0.15) is 11.6 Å². The van der Waals surface area contributed by atoms with E-state index in [0.717, 1.165) is 17.0 Å². The summed E-state index contributed by atoms with van der Waals surface area (Å²) in [5, 5.41) is 0. The van der Waals surface area contributed by atoms with Crippen molar-refractivity contribution in [1.29, 1.82) is 0 Å². The van der Waals surface area contributed by atoms with Gasteiger partial charge in [-0.15, -0.1) is 3.89 Å². The Bertz CT molecular complexity index is 613. The molecule has 0 N–H and O–H groups in total. The van der Waals surface area contributed by atoms with Crippen molar-refractivity contribution in [2.45, 2.75) is 13.0 Å². The topological polar surface area (TPSA) is 54.5 Å². The van der Waals surface area contributed by atoms with E-state index in [9.17, 15) is 25.9 Å². The second-order valence-electron chi connectivity index (χ2n) is 4.75. The van der Waals surface area contributed by atoms with Gasteiger partial charge in [0, 0.05) is 24.4 Å². The molecular formula is C12H12F3NO3S. The number of benzene rings is 1. The van der Waals surface area contributed by atoms with Gasteiger partial charge in [-0.1, -0.05) is 6.07 Å². The number of rotatable bonds is 4. The molecule has 0 spiro atoms. The Morgan fingerprint density at radius 3 is 2.40 bits per heavy atom. The summed E-state index contributed by atoms with van der Waals surface area (Å²) in [4.78, 5) is 12.8. The number of likely N-dealkylation sites (tertiary alicyclic amines) is 1. The molecule has 1 aromatic rings. The zero-order valence-corrected chi connectivity index (χ0v) is 11.2. The molecule has 1 amide bonds. The van der Waals surface area contributed by atoms with Crippen LogP contribution >= 0.6 is 0 Å². The monoisotopic (exact) mass is 307 g/mol. The number of halogens is 3. The van der Waals surface area contributed by atoms with E-state index < -0.39 is 39.4 Å². The van der Waals surface area contributed by atoms with Crippen molar-refractivity contribution in [2.24, 2.45) is 5.92 Å². The highest BCUT2D eigenvalue weighted by atomic mass is 32.3. The quantitative estimate of drug-likeness (QED) is 0.794. The van der Waals surface area contributed by atoms with Gasteiger partial charge in [0.05, 0.1) is 12.3 Å². The lowest BCUT2D eigenvalue weighted by Gasteiger charge is -2.17. The third-order valence-corrected chi connectivity index (χ3v) is 4.01. The van der Waals surface area contributed by atoms with Gasteiger partial charge in [-0.2, -0.15) is 8.42 Å². The van der Waals surface area contributed by atoms with Gasteiger partial charge in [0.2, 0.25) is 5.91 Å². The Labute approximate surface area is 114 Å². The Hall–Kier alpha value is -1.57. The van der Waals surface area contributed by atoms with Gasteiger partial charge >= 0.3 is 10.2 Å². The Morgan fingerprint density at radius 1 is 1.25 bits per heavy atom. The Morgan fingerprint density at radius 2 is 1.85 bits per heavy atom. The van der Waals surface area contributed by atoms with E-state index in [0.29, 0.717) is 0 Å². The molecule has 8 heteroatoms. The highest BCUT2D eigenvalue weighted by Gasteiger charge is 2.33. The zero-order chi connectivity index (χ0) is 14.9. The van der Waals surface area contributed by atoms with Crippen LogP contribution in [0.4, 0.5) is 12.7 Å². The largest absolute Gasteiger partial charge is 0.338 e. The molecule has 1 atom stereocenters. The fourth-order valence-corrected chi connectivity index (χ4v) is 3.06. The maximum absolute atomic E-state index is 13.5. The van der Waals surface area contributed by atoms with Crippen LogP contribution in [0, 0.1) is 17.6 Å². The average Bonchev–Trinajstić information content (AvgIpc) is 2.62. The van der Waals surface area contributed by atoms with Crippen molar-refractivity contribution in [2.75, 3.05) is 12.3 Å². The van der Waals surface area contributed by atoms with Crippen LogP contribution in [-0.2, 0) is 21.6 Å². The fourth-order valence-electron chi connectivity index (χ4n) is 2.27. The van der Waals surface area contributed by atoms with Gasteiger partial charge in [-0.25, -0.2) is 8.78 Å². The predicted molar refractivity (Wildman–Crippen MR) is 64.8 cm³/mol. The molecule has 1 aliphatic heterocycles. The summed E-state index contributed by atoms with van der Waals surface area (Å²) in [5.41, 5.74) is -0.260. The van der Waals surface area contributed by atoms with Gasteiger partial charge in [-0.3, -0.25) is 4.79 Å². The molecule has 0 radical (unpaired) electrons. The third-order valence-electron chi connectivity index (χ3n) is 3.14. The number of carbonyl (C=O) groups is 1. The van der Waals surface area contributed by atoms with E-state index >= 15 is 0 Å². The lowest BCUT2D eigenvalue weighted by atomic mass is 10.1. The molecule has 1 fully saturated rings. The molecule has 1 unspecified atom stereocenters. The summed E-state index contributed by atoms with van der Waals surface area (Å²) in [6.07, 6.45) is -0.140. The first-order valence-electron chi connectivity index (χ1n) is 5.89. The van der Waals surface area contributed by atoms with Crippen LogP contribution < -0.4 is 0 Å². The van der Waals surface area contributed by atoms with Crippen molar-refractivity contribution >= 4 is 16.1 Å². The average molecular weight is 307 g/mol. The van der Waals surface area contributed by atoms with Crippen LogP contribution in [0.1, 0.15) is 12.0 Å². The van der Waals surface area contributed by atoms with Crippen LogP contribution in [0.5, 0.6) is 0 Å². The van der Waals surface area contributed by atoms with Gasteiger partial charge < -0.3 is 4.90 Å². The fraction of sp³-hybridized carbons (Fsp3) is 0.417. The second kappa shape index (κ2) is 5.43. The molecular weight excluding hydrogens is 295 g/mol. The van der Waals surface area contributed by atoms with Gasteiger partial charge in [-0.05, 0) is 12.1 Å². The summed E-state index contributed by atoms with van der Waals surface area (Å²) in [6.45, 7) is -0.323. The first-order valence-corrected chi connectivity index (χ1v) is 7.44. The summed E-state index contributed by atoms with van der Waals surface area (Å²) in [6, 6.07) is 3.35. The maximum Gasteiger partial charge on any atom is 0.302 e. The molecule has 110 valence electrons. The van der Waals surface area contributed by atoms with Crippen LogP contribution in [0.15, 0.2) is 18.2 Å². The molecule has 0 bridgehead atoms. The normalized spacial score (nSPS) is 19.6. The number of hydrogen-bond donors (Lipinski definition) is 0. The molecule has 4 nitrogen and oxygen atoms in total. The second-order valence-corrected chi connectivity index (χ2v) is 6.16. The van der Waals surface area contributed by atoms with Crippen molar-refractivity contribution in [3.63, 3.8) is 0 Å². The smallest absolute Gasteiger partial charge is 0.302 e. The molecule has 0 saturated carbocycles. The summed E-state index contributed by atoms with van der Waals surface area (Å²) in [5.74, 6) is -3.44. The van der Waals surface area contributed by atoms with E-state index in [4.69, 9.17) is 0 Å². The third kappa shape index (κ3) is 3.50. The van der Waals surface area contributed by atoms with Gasteiger partial charge in [0.25, 0.3) is 0 Å². The molecule has 20 heavy (non-hydrogen) atoms. The molecule has 2 rings (SSSR count). The lowest BCUT2D eigenvalue weighted by Crippen LogP contribution is -2.26. The summed E-state index contributed by atoms with van der Waals surface area (Å²) in [7, 11) is -4.67. The van der Waals surface area contributed by atoms with E-state index in [2.05, 4.69) is 0 Å². The first kappa shape index (κ1) is 14.8. The lowest BCUT2D eigenvalue weighted by molar-refractivity contribution is -0.128. The van der Waals surface area contributed by atoms with Crippen LogP contribution in [-0.4, -0.2) is 31.5 Å². The number of hydrogen-bond acceptors (Lipinski definition) is 3. The molecule has 1 aromatic carbocycles. The maximum atomic E-state index is 13.5. The zero-order valence-electron chi connectivity index (χ0n) is 10.4. The molecule has 1 aliphatic rings. The van der Waals surface area contributed by atoms with Crippen LogP contribution in [0.2, 0.25) is 0 Å². The highest BCUT2D eigenvalue weighted by molar-refractivity contribution is 7.86. The summed E-state index contributed by atoms with van der Waals surface area (Å²) < 4.78 is 60.6. The van der Waals surface area contributed by atoms with Gasteiger partial charge in [0.15, 0.2) is 0 Å². The molecule has 1 heterocycles. The number of nitrogens with zero attached hydrogens (tertiary/aromatic N) is 1. The van der Waals surface area contributed by atoms with Crippen LogP contribution in [0.3, 0.4) is 0 Å². The van der Waals surface area contributed by atoms with E-state index in [1.54, 1.807) is 0 Å². The van der Waals surface area contributed by atoms with Crippen molar-refractivity contribution in [1.82, 2.24) is 4.90 Å². The number of carbonyl (C=O) groups excluding carboxylic acids is 1. The Balaban J connectivity index is 2.10. The molecule has 0 aliphatic carbocycles. The van der Waals surface area contributed by atoms with Crippen molar-refractivity contribution < 1.29 is 25.9 Å². The van der Waals surface area contributed by atoms with Crippen molar-refractivity contribution in [3.05, 3.63) is 35.4 Å². The highest BCUT2D eigenvalue weighted by Crippen LogP contribution is 2.23. The summed E-state index contributed by atoms with van der Waals surface area (Å²) >= 11 is 0. The number of amides is 1. The Kier molecular flexibility index (Phi) is 4.03. The van der Waals surface area contributed by atoms with E-state index in [1.165, 1.54) is 6.07 Å². The molecule has 0 aromatic heterocycles. The minimum absolute atomic E-state index is 0.0320. The van der Waals surface area contributed by atoms with Crippen LogP contribution in [0.25, 0.3) is 0 Å². The van der Waals surface area contributed by atoms with E-state index in [1.807, 2.05) is 0 Å². The first-order chi connectivity index (χ1) is 9.26. The van der Waals surface area contributed by atoms with Crippen molar-refractivity contribution in [3.8, 4) is 0 Å². The minimum atomic E-state index is -4.67. The minimum Gasteiger partial charge on any atom is -0.338 e. The predicted octanol–water partition coefficient (Wildman–Crippen LogP) is 1.61. The standard InChI is InChI=1S/C12H12F3NO3S/c13-10-2-1-3-11(14)9(10)6-16-5-8(4-12(16)17)7-20(15,18)19/h1-3,8H,4-7H2. The molecule has 1 saturated heterocycles.